The Hall–Kier alpha value is -2.65. The Morgan fingerprint density at radius 1 is 0.844 bits per heavy atom. The average Bonchev–Trinajstić information content (AvgIpc) is 2.66. The highest BCUT2D eigenvalue weighted by Gasteiger charge is 2.15. The molecule has 0 saturated heterocycles. The molecule has 0 radical (unpaired) electrons. The molecule has 0 aliphatic carbocycles. The first kappa shape index (κ1) is 24.0. The SMILES string of the molecule is Cc1cc(C)cc(NS(=O)(=O)c2ccc(NC(=S)NC(=O)c3cc(Cl)cc(Cl)c3)cc2)c1. The van der Waals surface area contributed by atoms with Crippen molar-refractivity contribution in [1.29, 1.82) is 0 Å². The largest absolute Gasteiger partial charge is 0.332 e. The van der Waals surface area contributed by atoms with Crippen LogP contribution in [0.5, 0.6) is 0 Å². The summed E-state index contributed by atoms with van der Waals surface area (Å²) in [5.74, 6) is -0.483. The van der Waals surface area contributed by atoms with Crippen molar-refractivity contribution < 1.29 is 13.2 Å². The van der Waals surface area contributed by atoms with Gasteiger partial charge in [-0.15, -0.1) is 0 Å². The molecule has 0 bridgehead atoms. The Bertz CT molecular complexity index is 1250. The lowest BCUT2D eigenvalue weighted by Crippen LogP contribution is -2.34. The molecule has 0 aromatic heterocycles. The minimum atomic E-state index is -3.76. The number of thiocarbonyl (C=S) groups is 1. The molecule has 0 aliphatic rings. The van der Waals surface area contributed by atoms with E-state index in [4.69, 9.17) is 35.4 Å². The summed E-state index contributed by atoms with van der Waals surface area (Å²) in [6.45, 7) is 3.79. The van der Waals surface area contributed by atoms with E-state index in [2.05, 4.69) is 15.4 Å². The van der Waals surface area contributed by atoms with Crippen molar-refractivity contribution in [2.24, 2.45) is 0 Å². The molecule has 3 aromatic carbocycles. The minimum absolute atomic E-state index is 0.0371. The van der Waals surface area contributed by atoms with Gasteiger partial charge in [-0.1, -0.05) is 29.3 Å². The van der Waals surface area contributed by atoms with E-state index in [9.17, 15) is 13.2 Å². The topological polar surface area (TPSA) is 87.3 Å². The molecular formula is C22H19Cl2N3O3S2. The molecule has 166 valence electrons. The maximum atomic E-state index is 12.7. The van der Waals surface area contributed by atoms with Crippen molar-refractivity contribution in [2.75, 3.05) is 10.0 Å². The zero-order chi connectivity index (χ0) is 23.5. The number of carbonyl (C=O) groups is 1. The summed E-state index contributed by atoms with van der Waals surface area (Å²) in [5.41, 5.74) is 3.17. The lowest BCUT2D eigenvalue weighted by Gasteiger charge is -2.12. The minimum Gasteiger partial charge on any atom is -0.332 e. The third kappa shape index (κ3) is 6.43. The van der Waals surface area contributed by atoms with Crippen LogP contribution in [-0.2, 0) is 10.0 Å². The number of halogens is 2. The van der Waals surface area contributed by atoms with Gasteiger partial charge in [-0.2, -0.15) is 0 Å². The predicted octanol–water partition coefficient (Wildman–Crippen LogP) is 5.54. The summed E-state index contributed by atoms with van der Waals surface area (Å²) < 4.78 is 27.9. The van der Waals surface area contributed by atoms with Crippen molar-refractivity contribution in [3.05, 3.63) is 87.4 Å². The Labute approximate surface area is 202 Å². The molecule has 3 aromatic rings. The van der Waals surface area contributed by atoms with Gasteiger partial charge in [0.2, 0.25) is 0 Å². The van der Waals surface area contributed by atoms with E-state index in [0.717, 1.165) is 11.1 Å². The van der Waals surface area contributed by atoms with E-state index in [1.165, 1.54) is 30.3 Å². The molecule has 0 fully saturated rings. The summed E-state index contributed by atoms with van der Waals surface area (Å²) in [6.07, 6.45) is 0. The van der Waals surface area contributed by atoms with Crippen LogP contribution in [0.15, 0.2) is 65.6 Å². The van der Waals surface area contributed by atoms with Gasteiger partial charge in [0.15, 0.2) is 5.11 Å². The number of hydrogen-bond acceptors (Lipinski definition) is 4. The molecule has 32 heavy (non-hydrogen) atoms. The van der Waals surface area contributed by atoms with Crippen LogP contribution in [-0.4, -0.2) is 19.4 Å². The number of aryl methyl sites for hydroxylation is 2. The molecule has 0 aliphatic heterocycles. The third-order valence-corrected chi connectivity index (χ3v) is 6.29. The van der Waals surface area contributed by atoms with Gasteiger partial charge in [-0.3, -0.25) is 14.8 Å². The number of benzene rings is 3. The zero-order valence-electron chi connectivity index (χ0n) is 17.1. The van der Waals surface area contributed by atoms with E-state index < -0.39 is 15.9 Å². The van der Waals surface area contributed by atoms with Crippen molar-refractivity contribution in [3.63, 3.8) is 0 Å². The van der Waals surface area contributed by atoms with Crippen molar-refractivity contribution >= 4 is 67.8 Å². The summed E-state index contributed by atoms with van der Waals surface area (Å²) in [6, 6.07) is 15.9. The van der Waals surface area contributed by atoms with Gasteiger partial charge >= 0.3 is 0 Å². The van der Waals surface area contributed by atoms with Crippen molar-refractivity contribution in [2.45, 2.75) is 18.7 Å². The van der Waals surface area contributed by atoms with Crippen LogP contribution < -0.4 is 15.4 Å². The first-order valence-electron chi connectivity index (χ1n) is 9.31. The van der Waals surface area contributed by atoms with Crippen LogP contribution in [0.3, 0.4) is 0 Å². The quantitative estimate of drug-likeness (QED) is 0.394. The van der Waals surface area contributed by atoms with Crippen LogP contribution >= 0.6 is 35.4 Å². The highest BCUT2D eigenvalue weighted by Crippen LogP contribution is 2.21. The fourth-order valence-electron chi connectivity index (χ4n) is 2.99. The normalized spacial score (nSPS) is 11.0. The van der Waals surface area contributed by atoms with Gasteiger partial charge in [0.1, 0.15) is 0 Å². The standard InChI is InChI=1S/C22H19Cl2N3O3S2/c1-13-7-14(2)9-19(8-13)27-32(29,30)20-5-3-18(4-6-20)25-22(31)26-21(28)15-10-16(23)12-17(24)11-15/h3-12,27H,1-2H3,(H2,25,26,28,31). The molecule has 0 spiro atoms. The fraction of sp³-hybridized carbons (Fsp3) is 0.0909. The highest BCUT2D eigenvalue weighted by atomic mass is 35.5. The Balaban J connectivity index is 1.65. The molecule has 0 heterocycles. The molecule has 1 amide bonds. The summed E-state index contributed by atoms with van der Waals surface area (Å²) in [7, 11) is -3.76. The number of amides is 1. The van der Waals surface area contributed by atoms with Gasteiger partial charge in [-0.25, -0.2) is 8.42 Å². The van der Waals surface area contributed by atoms with E-state index >= 15 is 0 Å². The molecule has 3 rings (SSSR count). The number of carbonyl (C=O) groups excluding carboxylic acids is 1. The summed E-state index contributed by atoms with van der Waals surface area (Å²) in [5, 5.41) is 6.04. The summed E-state index contributed by atoms with van der Waals surface area (Å²) >= 11 is 17.0. The maximum Gasteiger partial charge on any atom is 0.261 e. The summed E-state index contributed by atoms with van der Waals surface area (Å²) in [4.78, 5) is 12.4. The Morgan fingerprint density at radius 3 is 1.97 bits per heavy atom. The smallest absolute Gasteiger partial charge is 0.261 e. The molecule has 0 atom stereocenters. The molecule has 6 nitrogen and oxygen atoms in total. The van der Waals surface area contributed by atoms with E-state index in [0.29, 0.717) is 21.4 Å². The third-order valence-electron chi connectivity index (χ3n) is 4.25. The van der Waals surface area contributed by atoms with Crippen molar-refractivity contribution in [1.82, 2.24) is 5.32 Å². The number of hydrogen-bond donors (Lipinski definition) is 3. The molecular weight excluding hydrogens is 489 g/mol. The monoisotopic (exact) mass is 507 g/mol. The lowest BCUT2D eigenvalue weighted by atomic mass is 10.1. The number of rotatable bonds is 5. The second-order valence-electron chi connectivity index (χ2n) is 7.07. The molecule has 0 unspecified atom stereocenters. The van der Waals surface area contributed by atoms with E-state index in [1.807, 2.05) is 19.9 Å². The van der Waals surface area contributed by atoms with Crippen molar-refractivity contribution in [3.8, 4) is 0 Å². The van der Waals surface area contributed by atoms with Crippen LogP contribution in [0.1, 0.15) is 21.5 Å². The van der Waals surface area contributed by atoms with Crippen LogP contribution in [0.25, 0.3) is 0 Å². The Kier molecular flexibility index (Phi) is 7.40. The van der Waals surface area contributed by atoms with Crippen LogP contribution in [0, 0.1) is 13.8 Å². The van der Waals surface area contributed by atoms with Gasteiger partial charge in [0.25, 0.3) is 15.9 Å². The molecule has 3 N–H and O–H groups in total. The van der Waals surface area contributed by atoms with Gasteiger partial charge in [0.05, 0.1) is 4.90 Å². The van der Waals surface area contributed by atoms with E-state index in [-0.39, 0.29) is 15.6 Å². The maximum absolute atomic E-state index is 12.7. The first-order chi connectivity index (χ1) is 15.0. The fourth-order valence-corrected chi connectivity index (χ4v) is 4.76. The molecule has 10 heteroatoms. The second-order valence-corrected chi connectivity index (χ2v) is 10.0. The number of nitrogens with one attached hydrogen (secondary N) is 3. The highest BCUT2D eigenvalue weighted by molar-refractivity contribution is 7.92. The first-order valence-corrected chi connectivity index (χ1v) is 12.0. The van der Waals surface area contributed by atoms with Crippen LogP contribution in [0.4, 0.5) is 11.4 Å². The van der Waals surface area contributed by atoms with Gasteiger partial charge < -0.3 is 5.32 Å². The lowest BCUT2D eigenvalue weighted by molar-refractivity contribution is 0.0977. The average molecular weight is 508 g/mol. The van der Waals surface area contributed by atoms with Gasteiger partial charge in [0, 0.05) is 27.0 Å². The number of anilines is 2. The number of sulfonamides is 1. The zero-order valence-corrected chi connectivity index (χ0v) is 20.2. The second kappa shape index (κ2) is 9.87. The predicted molar refractivity (Wildman–Crippen MR) is 133 cm³/mol. The molecule has 0 saturated carbocycles. The van der Waals surface area contributed by atoms with Gasteiger partial charge in [-0.05, 0) is 91.8 Å². The van der Waals surface area contributed by atoms with Crippen LogP contribution in [0.2, 0.25) is 10.0 Å². The van der Waals surface area contributed by atoms with E-state index in [1.54, 1.807) is 24.3 Å². The Morgan fingerprint density at radius 2 is 1.41 bits per heavy atom.